The molecule has 2 aliphatic rings. The van der Waals surface area contributed by atoms with Gasteiger partial charge in [0, 0.05) is 24.1 Å². The Morgan fingerprint density at radius 3 is 2.86 bits per heavy atom. The van der Waals surface area contributed by atoms with Crippen molar-refractivity contribution in [2.45, 2.75) is 25.4 Å². The summed E-state index contributed by atoms with van der Waals surface area (Å²) in [5.74, 6) is 4.84. The van der Waals surface area contributed by atoms with Gasteiger partial charge in [0.15, 0.2) is 0 Å². The number of fused-ring (bicyclic) bond motifs is 1. The normalized spacial score (nSPS) is 20.3. The molecule has 0 bridgehead atoms. The van der Waals surface area contributed by atoms with Crippen LogP contribution in [0.15, 0.2) is 18.2 Å². The second-order valence-electron chi connectivity index (χ2n) is 5.24. The third-order valence-electron chi connectivity index (χ3n) is 3.91. The molecule has 112 valence electrons. The number of nitrogens with zero attached hydrogens (tertiary/aromatic N) is 1. The van der Waals surface area contributed by atoms with Crippen LogP contribution in [0, 0.1) is 11.8 Å². The fraction of sp³-hybridized carbons (Fsp3) is 0.312. The predicted octanol–water partition coefficient (Wildman–Crippen LogP) is -0.242. The van der Waals surface area contributed by atoms with Crippen LogP contribution in [0.2, 0.25) is 0 Å². The molecule has 1 aromatic rings. The molecule has 3 amide bonds. The van der Waals surface area contributed by atoms with Gasteiger partial charge in [0.1, 0.15) is 6.04 Å². The number of nitrogens with two attached hydrogens (primary N) is 1. The van der Waals surface area contributed by atoms with Gasteiger partial charge in [-0.25, -0.2) is 0 Å². The van der Waals surface area contributed by atoms with Crippen LogP contribution in [-0.4, -0.2) is 35.2 Å². The molecule has 0 radical (unpaired) electrons. The number of rotatable bonds is 1. The van der Waals surface area contributed by atoms with Gasteiger partial charge in [-0.05, 0) is 24.1 Å². The Hall–Kier alpha value is -2.65. The third-order valence-corrected chi connectivity index (χ3v) is 3.91. The van der Waals surface area contributed by atoms with Crippen LogP contribution in [0.25, 0.3) is 0 Å². The molecule has 2 heterocycles. The summed E-state index contributed by atoms with van der Waals surface area (Å²) in [6.07, 6.45) is 0.602. The molecule has 1 aromatic carbocycles. The van der Waals surface area contributed by atoms with Gasteiger partial charge >= 0.3 is 0 Å². The average molecular weight is 297 g/mol. The second kappa shape index (κ2) is 5.62. The van der Waals surface area contributed by atoms with E-state index in [1.165, 1.54) is 4.90 Å². The zero-order chi connectivity index (χ0) is 15.7. The van der Waals surface area contributed by atoms with E-state index in [0.29, 0.717) is 18.5 Å². The fourth-order valence-corrected chi connectivity index (χ4v) is 2.85. The number of benzene rings is 1. The molecule has 0 saturated carbocycles. The van der Waals surface area contributed by atoms with E-state index < -0.39 is 11.9 Å². The van der Waals surface area contributed by atoms with Crippen LogP contribution in [-0.2, 0) is 16.1 Å². The van der Waals surface area contributed by atoms with Crippen LogP contribution >= 0.6 is 0 Å². The molecule has 6 nitrogen and oxygen atoms in total. The lowest BCUT2D eigenvalue weighted by molar-refractivity contribution is -0.136. The first kappa shape index (κ1) is 14.3. The topological polar surface area (TPSA) is 92.5 Å². The maximum absolute atomic E-state index is 12.5. The van der Waals surface area contributed by atoms with E-state index in [1.807, 2.05) is 6.07 Å². The summed E-state index contributed by atoms with van der Waals surface area (Å²) in [5.41, 5.74) is 7.53. The molecule has 2 aliphatic heterocycles. The highest BCUT2D eigenvalue weighted by Crippen LogP contribution is 2.29. The summed E-state index contributed by atoms with van der Waals surface area (Å²) in [7, 11) is 0. The number of amides is 3. The number of hydrogen-bond acceptors (Lipinski definition) is 4. The number of carbonyl (C=O) groups is 3. The van der Waals surface area contributed by atoms with Crippen molar-refractivity contribution in [3.63, 3.8) is 0 Å². The van der Waals surface area contributed by atoms with Crippen molar-refractivity contribution in [3.8, 4) is 11.8 Å². The van der Waals surface area contributed by atoms with Crippen LogP contribution in [0.1, 0.15) is 34.3 Å². The molecule has 1 atom stereocenters. The van der Waals surface area contributed by atoms with Gasteiger partial charge in [0.2, 0.25) is 11.8 Å². The van der Waals surface area contributed by atoms with Crippen molar-refractivity contribution in [2.24, 2.45) is 5.73 Å². The number of imide groups is 1. The van der Waals surface area contributed by atoms with Gasteiger partial charge in [-0.15, -0.1) is 0 Å². The standard InChI is InChI=1S/C16H15N3O3/c17-8-2-4-10-3-1-5-11-12(10)9-19(16(11)22)13-6-7-14(20)18-15(13)21/h1,3,5,13H,6-9,17H2,(H,18,20,21). The lowest BCUT2D eigenvalue weighted by Gasteiger charge is -2.29. The maximum atomic E-state index is 12.5. The summed E-state index contributed by atoms with van der Waals surface area (Å²) < 4.78 is 0. The van der Waals surface area contributed by atoms with Gasteiger partial charge in [-0.3, -0.25) is 19.7 Å². The first-order chi connectivity index (χ1) is 10.6. The molecule has 0 aliphatic carbocycles. The van der Waals surface area contributed by atoms with E-state index >= 15 is 0 Å². The highest BCUT2D eigenvalue weighted by molar-refractivity contribution is 6.05. The molecule has 1 unspecified atom stereocenters. The minimum absolute atomic E-state index is 0.194. The monoisotopic (exact) mass is 297 g/mol. The van der Waals surface area contributed by atoms with Crippen molar-refractivity contribution in [2.75, 3.05) is 6.54 Å². The lowest BCUT2D eigenvalue weighted by Crippen LogP contribution is -2.52. The summed E-state index contributed by atoms with van der Waals surface area (Å²) in [6.45, 7) is 0.574. The molecule has 1 fully saturated rings. The second-order valence-corrected chi connectivity index (χ2v) is 5.24. The molecule has 0 spiro atoms. The molecule has 1 saturated heterocycles. The Balaban J connectivity index is 1.91. The SMILES string of the molecule is NCC#Cc1cccc2c1CN(C1CCC(=O)NC1=O)C2=O. The van der Waals surface area contributed by atoms with E-state index in [2.05, 4.69) is 17.2 Å². The predicted molar refractivity (Wildman–Crippen MR) is 78.4 cm³/mol. The van der Waals surface area contributed by atoms with Crippen LogP contribution < -0.4 is 11.1 Å². The highest BCUT2D eigenvalue weighted by atomic mass is 16.2. The zero-order valence-corrected chi connectivity index (χ0v) is 11.9. The smallest absolute Gasteiger partial charge is 0.255 e. The Morgan fingerprint density at radius 1 is 1.32 bits per heavy atom. The van der Waals surface area contributed by atoms with E-state index in [-0.39, 0.29) is 24.8 Å². The van der Waals surface area contributed by atoms with Crippen LogP contribution in [0.4, 0.5) is 0 Å². The van der Waals surface area contributed by atoms with Crippen LogP contribution in [0.5, 0.6) is 0 Å². The maximum Gasteiger partial charge on any atom is 0.255 e. The summed E-state index contributed by atoms with van der Waals surface area (Å²) in [5, 5.41) is 2.29. The summed E-state index contributed by atoms with van der Waals surface area (Å²) >= 11 is 0. The molecule has 0 aromatic heterocycles. The van der Waals surface area contributed by atoms with E-state index in [1.54, 1.807) is 12.1 Å². The van der Waals surface area contributed by atoms with E-state index in [0.717, 1.165) is 11.1 Å². The van der Waals surface area contributed by atoms with Crippen molar-refractivity contribution in [3.05, 3.63) is 34.9 Å². The molecule has 6 heteroatoms. The molecule has 3 N–H and O–H groups in total. The quantitative estimate of drug-likeness (QED) is 0.552. The Morgan fingerprint density at radius 2 is 2.14 bits per heavy atom. The number of carbonyl (C=O) groups excluding carboxylic acids is 3. The van der Waals surface area contributed by atoms with Crippen LogP contribution in [0.3, 0.4) is 0 Å². The first-order valence-electron chi connectivity index (χ1n) is 7.07. The Kier molecular flexibility index (Phi) is 3.65. The van der Waals surface area contributed by atoms with Crippen molar-refractivity contribution < 1.29 is 14.4 Å². The highest BCUT2D eigenvalue weighted by Gasteiger charge is 2.39. The van der Waals surface area contributed by atoms with Gasteiger partial charge in [0.05, 0.1) is 6.54 Å². The lowest BCUT2D eigenvalue weighted by atomic mass is 10.0. The number of nitrogens with one attached hydrogen (secondary N) is 1. The fourth-order valence-electron chi connectivity index (χ4n) is 2.85. The van der Waals surface area contributed by atoms with Crippen molar-refractivity contribution >= 4 is 17.7 Å². The van der Waals surface area contributed by atoms with E-state index in [4.69, 9.17) is 5.73 Å². The molecular formula is C16H15N3O3. The largest absolute Gasteiger partial charge is 0.322 e. The third kappa shape index (κ3) is 2.36. The van der Waals surface area contributed by atoms with E-state index in [9.17, 15) is 14.4 Å². The van der Waals surface area contributed by atoms with Gasteiger partial charge in [-0.1, -0.05) is 17.9 Å². The van der Waals surface area contributed by atoms with Crippen molar-refractivity contribution in [1.29, 1.82) is 0 Å². The van der Waals surface area contributed by atoms with Gasteiger partial charge < -0.3 is 10.6 Å². The Bertz CT molecular complexity index is 730. The first-order valence-corrected chi connectivity index (χ1v) is 7.07. The summed E-state index contributed by atoms with van der Waals surface area (Å²) in [4.78, 5) is 37.3. The number of piperidine rings is 1. The molecule has 3 rings (SSSR count). The zero-order valence-electron chi connectivity index (χ0n) is 11.9. The van der Waals surface area contributed by atoms with Gasteiger partial charge in [-0.2, -0.15) is 0 Å². The minimum Gasteiger partial charge on any atom is -0.322 e. The number of hydrogen-bond donors (Lipinski definition) is 2. The summed E-state index contributed by atoms with van der Waals surface area (Å²) in [6, 6.07) is 4.73. The Labute approximate surface area is 127 Å². The average Bonchev–Trinajstić information content (AvgIpc) is 2.83. The van der Waals surface area contributed by atoms with Crippen molar-refractivity contribution in [1.82, 2.24) is 10.2 Å². The molecular weight excluding hydrogens is 282 g/mol. The van der Waals surface area contributed by atoms with Gasteiger partial charge in [0.25, 0.3) is 5.91 Å². The minimum atomic E-state index is -0.604. The molecule has 22 heavy (non-hydrogen) atoms.